The van der Waals surface area contributed by atoms with Gasteiger partial charge in [0.05, 0.1) is 21.2 Å². The third-order valence-electron chi connectivity index (χ3n) is 7.90. The fourth-order valence-corrected chi connectivity index (χ4v) is 6.40. The number of hydrogen-bond acceptors (Lipinski definition) is 5. The van der Waals surface area contributed by atoms with Crippen LogP contribution in [0.5, 0.6) is 5.75 Å². The van der Waals surface area contributed by atoms with Crippen LogP contribution in [-0.2, 0) is 6.61 Å². The molecule has 7 rings (SSSR count). The van der Waals surface area contributed by atoms with Crippen LogP contribution in [0.25, 0.3) is 22.2 Å². The maximum atomic E-state index is 11.5. The van der Waals surface area contributed by atoms with Crippen LogP contribution in [0.4, 0.5) is 5.69 Å². The molecule has 2 N–H and O–H groups in total. The van der Waals surface area contributed by atoms with Gasteiger partial charge >= 0.3 is 5.97 Å². The van der Waals surface area contributed by atoms with Crippen molar-refractivity contribution in [3.05, 3.63) is 98.3 Å². The lowest BCUT2D eigenvalue weighted by Gasteiger charge is -2.41. The van der Waals surface area contributed by atoms with Gasteiger partial charge in [-0.15, -0.1) is 0 Å². The van der Waals surface area contributed by atoms with Gasteiger partial charge in [-0.25, -0.2) is 4.79 Å². The van der Waals surface area contributed by atoms with Crippen LogP contribution in [-0.4, -0.2) is 34.3 Å². The van der Waals surface area contributed by atoms with Crippen LogP contribution >= 0.6 is 34.8 Å². The fraction of sp³-hybridized carbons (Fsp3) is 0.226. The molecule has 0 amide bonds. The molecule has 1 saturated carbocycles. The SMILES string of the molecule is O=C(O)c1c[nH]c2ccc(N3CC(c4ccc(OCc5c(-c6c(Cl)cccc6Cl)noc5C5CC5)cc4Cl)C3)cc12. The van der Waals surface area contributed by atoms with Gasteiger partial charge in [-0.1, -0.05) is 52.1 Å². The van der Waals surface area contributed by atoms with E-state index in [-0.39, 0.29) is 18.1 Å². The fourth-order valence-electron chi connectivity index (χ4n) is 5.50. The van der Waals surface area contributed by atoms with E-state index in [1.165, 1.54) is 6.20 Å². The highest BCUT2D eigenvalue weighted by Crippen LogP contribution is 2.46. The van der Waals surface area contributed by atoms with E-state index in [4.69, 9.17) is 44.1 Å². The molecule has 3 aromatic carbocycles. The summed E-state index contributed by atoms with van der Waals surface area (Å²) < 4.78 is 11.9. The number of aromatic carboxylic acids is 1. The number of aromatic amines is 1. The van der Waals surface area contributed by atoms with Crippen LogP contribution in [0.1, 0.15) is 51.9 Å². The lowest BCUT2D eigenvalue weighted by Crippen LogP contribution is -2.45. The van der Waals surface area contributed by atoms with Gasteiger partial charge in [-0.2, -0.15) is 0 Å². The van der Waals surface area contributed by atoms with Crippen LogP contribution in [0.3, 0.4) is 0 Å². The molecule has 0 atom stereocenters. The lowest BCUT2D eigenvalue weighted by molar-refractivity contribution is 0.0699. The van der Waals surface area contributed by atoms with Crippen molar-refractivity contribution in [1.82, 2.24) is 10.1 Å². The van der Waals surface area contributed by atoms with E-state index >= 15 is 0 Å². The third kappa shape index (κ3) is 4.82. The minimum Gasteiger partial charge on any atom is -0.489 e. The second-order valence-electron chi connectivity index (χ2n) is 10.6. The first-order valence-corrected chi connectivity index (χ1v) is 14.4. The maximum absolute atomic E-state index is 11.5. The van der Waals surface area contributed by atoms with Gasteiger partial charge in [0.2, 0.25) is 0 Å². The topological polar surface area (TPSA) is 91.6 Å². The van der Waals surface area contributed by atoms with Crippen LogP contribution in [0.15, 0.2) is 65.3 Å². The standard InChI is InChI=1S/C31H24Cl3N3O4/c32-24-2-1-3-25(33)28(24)29-23(30(41-36-29)16-4-5-16)15-40-19-7-8-20(26(34)11-19)17-13-37(14-17)18-6-9-27-21(10-18)22(12-35-27)31(38)39/h1-3,6-12,16-17,35H,4-5,13-15H2,(H,38,39). The van der Waals surface area contributed by atoms with E-state index in [1.807, 2.05) is 36.4 Å². The lowest BCUT2D eigenvalue weighted by atomic mass is 9.90. The molecule has 2 fully saturated rings. The average molecular weight is 609 g/mol. The van der Waals surface area contributed by atoms with E-state index in [0.29, 0.717) is 43.4 Å². The Morgan fingerprint density at radius 2 is 1.80 bits per heavy atom. The molecular formula is C31H24Cl3N3O4. The van der Waals surface area contributed by atoms with Gasteiger partial charge in [-0.05, 0) is 60.9 Å². The van der Waals surface area contributed by atoms with Gasteiger partial charge in [0, 0.05) is 58.3 Å². The van der Waals surface area contributed by atoms with Crippen LogP contribution in [0, 0.1) is 0 Å². The van der Waals surface area contributed by atoms with Crippen LogP contribution in [0.2, 0.25) is 15.1 Å². The number of H-pyrrole nitrogens is 1. The number of anilines is 1. The Kier molecular flexibility index (Phi) is 6.61. The van der Waals surface area contributed by atoms with E-state index in [0.717, 1.165) is 54.0 Å². The molecule has 3 heterocycles. The minimum atomic E-state index is -0.944. The number of carboxylic acids is 1. The molecule has 5 aromatic rings. The summed E-state index contributed by atoms with van der Waals surface area (Å²) in [5, 5.41) is 16.1. The number of hydrogen-bond donors (Lipinski definition) is 2. The Morgan fingerprint density at radius 1 is 1.02 bits per heavy atom. The predicted molar refractivity (Wildman–Crippen MR) is 160 cm³/mol. The summed E-state index contributed by atoms with van der Waals surface area (Å²) in [4.78, 5) is 16.8. The number of fused-ring (bicyclic) bond motifs is 1. The molecule has 208 valence electrons. The van der Waals surface area contributed by atoms with Crippen molar-refractivity contribution in [1.29, 1.82) is 0 Å². The summed E-state index contributed by atoms with van der Waals surface area (Å²) in [6.07, 6.45) is 3.63. The molecule has 1 aliphatic carbocycles. The highest BCUT2D eigenvalue weighted by atomic mass is 35.5. The Labute approximate surface area is 250 Å². The Bertz CT molecular complexity index is 1780. The predicted octanol–water partition coefficient (Wildman–Crippen LogP) is 8.54. The second-order valence-corrected chi connectivity index (χ2v) is 11.8. The Hall–Kier alpha value is -3.65. The number of aromatic nitrogens is 2. The van der Waals surface area contributed by atoms with Crippen molar-refractivity contribution in [3.63, 3.8) is 0 Å². The molecule has 7 nitrogen and oxygen atoms in total. The van der Waals surface area contributed by atoms with Crippen molar-refractivity contribution in [2.75, 3.05) is 18.0 Å². The third-order valence-corrected chi connectivity index (χ3v) is 8.86. The van der Waals surface area contributed by atoms with Gasteiger partial charge in [0.25, 0.3) is 0 Å². The number of halogens is 3. The van der Waals surface area contributed by atoms with Gasteiger partial charge in [-0.3, -0.25) is 0 Å². The van der Waals surface area contributed by atoms with Crippen molar-refractivity contribution in [3.8, 4) is 17.0 Å². The number of nitrogens with zero attached hydrogens (tertiary/aromatic N) is 2. The zero-order valence-electron chi connectivity index (χ0n) is 21.7. The van der Waals surface area contributed by atoms with E-state index in [2.05, 4.69) is 15.0 Å². The van der Waals surface area contributed by atoms with Crippen LogP contribution < -0.4 is 9.64 Å². The second kappa shape index (κ2) is 10.3. The molecule has 1 aliphatic heterocycles. The number of rotatable bonds is 8. The largest absolute Gasteiger partial charge is 0.489 e. The van der Waals surface area contributed by atoms with E-state index in [9.17, 15) is 9.90 Å². The molecule has 2 aromatic heterocycles. The first-order chi connectivity index (χ1) is 19.9. The first-order valence-electron chi connectivity index (χ1n) is 13.3. The Morgan fingerprint density at radius 3 is 2.51 bits per heavy atom. The van der Waals surface area contributed by atoms with Crippen molar-refractivity contribution >= 4 is 57.4 Å². The number of carboxylic acid groups (broad SMARTS) is 1. The van der Waals surface area contributed by atoms with Gasteiger partial charge < -0.3 is 24.3 Å². The first kappa shape index (κ1) is 26.3. The van der Waals surface area contributed by atoms with E-state index in [1.54, 1.807) is 18.2 Å². The highest BCUT2D eigenvalue weighted by molar-refractivity contribution is 6.39. The zero-order valence-corrected chi connectivity index (χ0v) is 23.9. The maximum Gasteiger partial charge on any atom is 0.337 e. The highest BCUT2D eigenvalue weighted by Gasteiger charge is 2.34. The molecular weight excluding hydrogens is 585 g/mol. The Balaban J connectivity index is 1.06. The molecule has 2 aliphatic rings. The molecule has 0 unspecified atom stereocenters. The number of carbonyl (C=O) groups is 1. The summed E-state index contributed by atoms with van der Waals surface area (Å²) in [6, 6.07) is 17.0. The van der Waals surface area contributed by atoms with Crippen molar-refractivity contribution < 1.29 is 19.2 Å². The molecule has 10 heteroatoms. The van der Waals surface area contributed by atoms with E-state index < -0.39 is 5.97 Å². The zero-order chi connectivity index (χ0) is 28.2. The number of nitrogens with one attached hydrogen (secondary N) is 1. The summed E-state index contributed by atoms with van der Waals surface area (Å²) in [7, 11) is 0. The summed E-state index contributed by atoms with van der Waals surface area (Å²) >= 11 is 19.7. The van der Waals surface area contributed by atoms with Gasteiger partial charge in [0.1, 0.15) is 23.8 Å². The summed E-state index contributed by atoms with van der Waals surface area (Å²) in [5.41, 5.74) is 5.21. The average Bonchev–Trinajstić information content (AvgIpc) is 3.54. The normalized spacial score (nSPS) is 15.3. The van der Waals surface area contributed by atoms with Crippen molar-refractivity contribution in [2.24, 2.45) is 0 Å². The summed E-state index contributed by atoms with van der Waals surface area (Å²) in [5.74, 6) is 1.11. The number of benzene rings is 3. The number of ether oxygens (including phenoxy) is 1. The molecule has 0 radical (unpaired) electrons. The van der Waals surface area contributed by atoms with Gasteiger partial charge in [0.15, 0.2) is 0 Å². The molecule has 0 bridgehead atoms. The molecule has 1 saturated heterocycles. The molecule has 41 heavy (non-hydrogen) atoms. The quantitative estimate of drug-likeness (QED) is 0.183. The van der Waals surface area contributed by atoms with Crippen molar-refractivity contribution in [2.45, 2.75) is 31.3 Å². The minimum absolute atomic E-state index is 0.249. The summed E-state index contributed by atoms with van der Waals surface area (Å²) in [6.45, 7) is 1.82. The smallest absolute Gasteiger partial charge is 0.337 e. The molecule has 0 spiro atoms. The monoisotopic (exact) mass is 607 g/mol.